The van der Waals surface area contributed by atoms with Crippen molar-refractivity contribution in [2.24, 2.45) is 0 Å². The summed E-state index contributed by atoms with van der Waals surface area (Å²) < 4.78 is 5.30. The van der Waals surface area contributed by atoms with E-state index in [-0.39, 0.29) is 5.91 Å². The molecule has 2 fully saturated rings. The number of aromatic nitrogens is 3. The molecule has 2 aromatic rings. The highest BCUT2D eigenvalue weighted by atomic mass is 16.5. The number of hydrogen-bond donors (Lipinski definition) is 1. The summed E-state index contributed by atoms with van der Waals surface area (Å²) in [6.07, 6.45) is 5.39. The minimum Gasteiger partial charge on any atom is -0.378 e. The zero-order chi connectivity index (χ0) is 18.6. The van der Waals surface area contributed by atoms with Gasteiger partial charge in [0, 0.05) is 50.2 Å². The Balaban J connectivity index is 1.36. The van der Waals surface area contributed by atoms with E-state index in [4.69, 9.17) is 10.5 Å². The maximum absolute atomic E-state index is 12.5. The van der Waals surface area contributed by atoms with Gasteiger partial charge in [-0.05, 0) is 31.0 Å². The van der Waals surface area contributed by atoms with Crippen molar-refractivity contribution in [2.75, 3.05) is 50.0 Å². The highest BCUT2D eigenvalue weighted by Gasteiger charge is 2.23. The van der Waals surface area contributed by atoms with Crippen LogP contribution < -0.4 is 10.6 Å². The molecule has 2 aliphatic rings. The molecule has 2 aliphatic heterocycles. The van der Waals surface area contributed by atoms with E-state index in [2.05, 4.69) is 19.9 Å². The largest absolute Gasteiger partial charge is 0.378 e. The summed E-state index contributed by atoms with van der Waals surface area (Å²) in [4.78, 5) is 29.4. The van der Waals surface area contributed by atoms with Crippen LogP contribution in [-0.2, 0) is 4.74 Å². The van der Waals surface area contributed by atoms with Gasteiger partial charge in [0.1, 0.15) is 5.82 Å². The molecule has 0 atom stereocenters. The molecule has 0 radical (unpaired) electrons. The topological polar surface area (TPSA) is 97.5 Å². The molecule has 0 unspecified atom stereocenters. The third kappa shape index (κ3) is 4.00. The first-order chi connectivity index (χ1) is 13.2. The van der Waals surface area contributed by atoms with E-state index in [1.54, 1.807) is 12.4 Å². The number of rotatable bonds is 3. The van der Waals surface area contributed by atoms with Gasteiger partial charge in [-0.15, -0.1) is 0 Å². The molecule has 27 heavy (non-hydrogen) atoms. The smallest absolute Gasteiger partial charge is 0.255 e. The molecule has 1 amide bonds. The number of nitrogen functional groups attached to an aromatic ring is 1. The minimum absolute atomic E-state index is 0.0254. The fourth-order valence-corrected chi connectivity index (χ4v) is 3.67. The number of anilines is 2. The third-order valence-electron chi connectivity index (χ3n) is 5.23. The SMILES string of the molecule is Nc1nccc(C2CCN(c3ccc(C(=O)N4CCOCC4)cn3)CC2)n1. The molecular weight excluding hydrogens is 344 g/mol. The van der Waals surface area contributed by atoms with Crippen molar-refractivity contribution in [2.45, 2.75) is 18.8 Å². The van der Waals surface area contributed by atoms with Gasteiger partial charge in [-0.3, -0.25) is 4.79 Å². The second kappa shape index (κ2) is 7.87. The molecule has 142 valence electrons. The molecule has 0 spiro atoms. The van der Waals surface area contributed by atoms with E-state index in [0.29, 0.717) is 43.7 Å². The monoisotopic (exact) mass is 368 g/mol. The van der Waals surface area contributed by atoms with Crippen LogP contribution in [0.15, 0.2) is 30.6 Å². The van der Waals surface area contributed by atoms with Crippen molar-refractivity contribution in [1.82, 2.24) is 19.9 Å². The summed E-state index contributed by atoms with van der Waals surface area (Å²) in [7, 11) is 0. The average molecular weight is 368 g/mol. The lowest BCUT2D eigenvalue weighted by molar-refractivity contribution is 0.0302. The predicted octanol–water partition coefficient (Wildman–Crippen LogP) is 1.31. The maximum atomic E-state index is 12.5. The van der Waals surface area contributed by atoms with E-state index >= 15 is 0 Å². The highest BCUT2D eigenvalue weighted by molar-refractivity contribution is 5.94. The first-order valence-corrected chi connectivity index (χ1v) is 9.37. The fraction of sp³-hybridized carbons (Fsp3) is 0.474. The molecule has 2 N–H and O–H groups in total. The number of amides is 1. The van der Waals surface area contributed by atoms with E-state index in [1.807, 2.05) is 23.1 Å². The molecule has 2 saturated heterocycles. The zero-order valence-electron chi connectivity index (χ0n) is 15.3. The lowest BCUT2D eigenvalue weighted by Crippen LogP contribution is -2.40. The molecule has 2 aromatic heterocycles. The zero-order valence-corrected chi connectivity index (χ0v) is 15.3. The quantitative estimate of drug-likeness (QED) is 0.872. The number of hydrogen-bond acceptors (Lipinski definition) is 7. The van der Waals surface area contributed by atoms with Gasteiger partial charge in [0.05, 0.1) is 18.8 Å². The lowest BCUT2D eigenvalue weighted by atomic mass is 9.93. The Morgan fingerprint density at radius 2 is 1.85 bits per heavy atom. The number of nitrogens with zero attached hydrogens (tertiary/aromatic N) is 5. The van der Waals surface area contributed by atoms with E-state index in [0.717, 1.165) is 37.4 Å². The Morgan fingerprint density at radius 3 is 2.52 bits per heavy atom. The van der Waals surface area contributed by atoms with Crippen molar-refractivity contribution in [3.8, 4) is 0 Å². The van der Waals surface area contributed by atoms with Gasteiger partial charge in [0.15, 0.2) is 0 Å². The minimum atomic E-state index is 0.0254. The Bertz CT molecular complexity index is 783. The molecule has 8 heteroatoms. The summed E-state index contributed by atoms with van der Waals surface area (Å²) in [5, 5.41) is 0. The Labute approximate surface area is 158 Å². The first kappa shape index (κ1) is 17.7. The van der Waals surface area contributed by atoms with Crippen LogP contribution in [0.5, 0.6) is 0 Å². The van der Waals surface area contributed by atoms with Crippen molar-refractivity contribution in [3.63, 3.8) is 0 Å². The Hall–Kier alpha value is -2.74. The van der Waals surface area contributed by atoms with Crippen molar-refractivity contribution < 1.29 is 9.53 Å². The molecule has 0 saturated carbocycles. The number of morpholine rings is 1. The number of pyridine rings is 1. The lowest BCUT2D eigenvalue weighted by Gasteiger charge is -2.32. The van der Waals surface area contributed by atoms with E-state index in [1.165, 1.54) is 0 Å². The Kier molecular flexibility index (Phi) is 5.15. The number of ether oxygens (including phenoxy) is 1. The van der Waals surface area contributed by atoms with Gasteiger partial charge >= 0.3 is 0 Å². The molecular formula is C19H24N6O2. The van der Waals surface area contributed by atoms with Gasteiger partial charge in [-0.2, -0.15) is 0 Å². The van der Waals surface area contributed by atoms with Crippen LogP contribution in [0.4, 0.5) is 11.8 Å². The van der Waals surface area contributed by atoms with Gasteiger partial charge in [0.2, 0.25) is 5.95 Å². The third-order valence-corrected chi connectivity index (χ3v) is 5.23. The van der Waals surface area contributed by atoms with Crippen LogP contribution in [0, 0.1) is 0 Å². The van der Waals surface area contributed by atoms with Crippen molar-refractivity contribution in [3.05, 3.63) is 41.9 Å². The van der Waals surface area contributed by atoms with Gasteiger partial charge in [-0.25, -0.2) is 15.0 Å². The average Bonchev–Trinajstić information content (AvgIpc) is 2.74. The number of nitrogens with two attached hydrogens (primary N) is 1. The number of piperidine rings is 1. The van der Waals surface area contributed by atoms with Crippen molar-refractivity contribution in [1.29, 1.82) is 0 Å². The molecule has 0 bridgehead atoms. The highest BCUT2D eigenvalue weighted by Crippen LogP contribution is 2.28. The maximum Gasteiger partial charge on any atom is 0.255 e. The molecule has 4 heterocycles. The summed E-state index contributed by atoms with van der Waals surface area (Å²) in [6.45, 7) is 4.29. The number of carbonyl (C=O) groups is 1. The van der Waals surface area contributed by atoms with Crippen LogP contribution >= 0.6 is 0 Å². The fourth-order valence-electron chi connectivity index (χ4n) is 3.67. The molecule has 0 aliphatic carbocycles. The predicted molar refractivity (Wildman–Crippen MR) is 102 cm³/mol. The van der Waals surface area contributed by atoms with Gasteiger partial charge in [0.25, 0.3) is 5.91 Å². The second-order valence-electron chi connectivity index (χ2n) is 6.91. The van der Waals surface area contributed by atoms with Crippen LogP contribution in [-0.4, -0.2) is 65.2 Å². The standard InChI is InChI=1S/C19H24N6O2/c20-19-21-6-3-16(23-19)14-4-7-24(8-5-14)17-2-1-15(13-22-17)18(26)25-9-11-27-12-10-25/h1-3,6,13-14H,4-5,7-12H2,(H2,20,21,23). The summed E-state index contributed by atoms with van der Waals surface area (Å²) in [6, 6.07) is 5.76. The normalized spacial score (nSPS) is 18.5. The van der Waals surface area contributed by atoms with Crippen molar-refractivity contribution >= 4 is 17.7 Å². The number of carbonyl (C=O) groups excluding carboxylic acids is 1. The summed E-state index contributed by atoms with van der Waals surface area (Å²) in [5.74, 6) is 1.66. The molecule has 8 nitrogen and oxygen atoms in total. The van der Waals surface area contributed by atoms with Crippen LogP contribution in [0.1, 0.15) is 34.8 Å². The van der Waals surface area contributed by atoms with Crippen LogP contribution in [0.2, 0.25) is 0 Å². The summed E-state index contributed by atoms with van der Waals surface area (Å²) >= 11 is 0. The second-order valence-corrected chi connectivity index (χ2v) is 6.91. The van der Waals surface area contributed by atoms with E-state index < -0.39 is 0 Å². The Morgan fingerprint density at radius 1 is 1.07 bits per heavy atom. The van der Waals surface area contributed by atoms with Gasteiger partial charge in [-0.1, -0.05) is 0 Å². The molecule has 0 aromatic carbocycles. The van der Waals surface area contributed by atoms with E-state index in [9.17, 15) is 4.79 Å². The first-order valence-electron chi connectivity index (χ1n) is 9.37. The molecule has 4 rings (SSSR count). The van der Waals surface area contributed by atoms with Crippen LogP contribution in [0.25, 0.3) is 0 Å². The summed E-state index contributed by atoms with van der Waals surface area (Å²) in [5.41, 5.74) is 7.34. The van der Waals surface area contributed by atoms with Crippen LogP contribution in [0.3, 0.4) is 0 Å². The van der Waals surface area contributed by atoms with Gasteiger partial charge < -0.3 is 20.3 Å².